The van der Waals surface area contributed by atoms with Crippen LogP contribution in [-0.2, 0) is 0 Å². The van der Waals surface area contributed by atoms with Crippen LogP contribution in [0.15, 0.2) is 12.2 Å². The van der Waals surface area contributed by atoms with Crippen LogP contribution in [-0.4, -0.2) is 84.8 Å². The first-order chi connectivity index (χ1) is 10.8. The van der Waals surface area contributed by atoms with Gasteiger partial charge < -0.3 is 10.0 Å². The molecule has 3 aliphatic rings. The Hall–Kier alpha value is -0.420. The van der Waals surface area contributed by atoms with Crippen LogP contribution in [0.5, 0.6) is 0 Å². The maximum atomic E-state index is 9.03. The highest BCUT2D eigenvalue weighted by Crippen LogP contribution is 2.23. The van der Waals surface area contributed by atoms with Crippen molar-refractivity contribution in [1.82, 2.24) is 14.7 Å². The molecule has 2 saturated heterocycles. The van der Waals surface area contributed by atoms with Gasteiger partial charge in [-0.15, -0.1) is 0 Å². The van der Waals surface area contributed by atoms with E-state index in [-0.39, 0.29) is 0 Å². The largest absolute Gasteiger partial charge is 0.395 e. The van der Waals surface area contributed by atoms with Gasteiger partial charge in [0, 0.05) is 45.3 Å². The second kappa shape index (κ2) is 8.44. The third-order valence-corrected chi connectivity index (χ3v) is 5.79. The predicted octanol–water partition coefficient (Wildman–Crippen LogP) is 1.42. The highest BCUT2D eigenvalue weighted by Gasteiger charge is 2.28. The van der Waals surface area contributed by atoms with Crippen LogP contribution in [0.4, 0.5) is 0 Å². The van der Waals surface area contributed by atoms with Gasteiger partial charge in [-0.3, -0.25) is 9.80 Å². The molecule has 4 heteroatoms. The third kappa shape index (κ3) is 4.54. The fraction of sp³-hybridized carbons (Fsp3) is 0.889. The zero-order valence-corrected chi connectivity index (χ0v) is 14.0. The number of likely N-dealkylation sites (tertiary alicyclic amines) is 1. The number of aliphatic hydroxyl groups is 1. The van der Waals surface area contributed by atoms with Gasteiger partial charge in [0.2, 0.25) is 0 Å². The summed E-state index contributed by atoms with van der Waals surface area (Å²) in [5.74, 6) is 0.906. The highest BCUT2D eigenvalue weighted by atomic mass is 16.3. The zero-order valence-electron chi connectivity index (χ0n) is 14.0. The van der Waals surface area contributed by atoms with E-state index in [4.69, 9.17) is 5.11 Å². The molecule has 1 N–H and O–H groups in total. The Balaban J connectivity index is 1.36. The maximum absolute atomic E-state index is 9.03. The van der Waals surface area contributed by atoms with Crippen molar-refractivity contribution in [1.29, 1.82) is 0 Å². The van der Waals surface area contributed by atoms with E-state index in [0.717, 1.165) is 31.6 Å². The standard InChI is InChI=1S/C18H33N3O/c22-15-14-19-10-12-21(13-11-19)18-6-8-20(9-7-18)16-17-4-2-1-3-5-17/h1-2,17-18,22H,3-16H2. The molecule has 0 bridgehead atoms. The van der Waals surface area contributed by atoms with Gasteiger partial charge in [0.25, 0.3) is 0 Å². The monoisotopic (exact) mass is 307 g/mol. The van der Waals surface area contributed by atoms with Crippen molar-refractivity contribution in [3.05, 3.63) is 12.2 Å². The Bertz CT molecular complexity index is 344. The highest BCUT2D eigenvalue weighted by molar-refractivity contribution is 4.92. The molecule has 0 aromatic heterocycles. The van der Waals surface area contributed by atoms with E-state index in [1.807, 2.05) is 0 Å². The predicted molar refractivity (Wildman–Crippen MR) is 91.0 cm³/mol. The molecule has 0 aromatic rings. The van der Waals surface area contributed by atoms with E-state index < -0.39 is 0 Å². The molecule has 1 aliphatic carbocycles. The quantitative estimate of drug-likeness (QED) is 0.778. The van der Waals surface area contributed by atoms with E-state index in [9.17, 15) is 0 Å². The molecule has 2 heterocycles. The van der Waals surface area contributed by atoms with Gasteiger partial charge in [-0.1, -0.05) is 12.2 Å². The van der Waals surface area contributed by atoms with Crippen molar-refractivity contribution in [3.8, 4) is 0 Å². The summed E-state index contributed by atoms with van der Waals surface area (Å²) in [4.78, 5) is 7.80. The molecule has 126 valence electrons. The van der Waals surface area contributed by atoms with E-state index >= 15 is 0 Å². The van der Waals surface area contributed by atoms with Crippen molar-refractivity contribution in [2.24, 2.45) is 5.92 Å². The summed E-state index contributed by atoms with van der Waals surface area (Å²) >= 11 is 0. The molecule has 22 heavy (non-hydrogen) atoms. The van der Waals surface area contributed by atoms with Crippen LogP contribution in [0, 0.1) is 5.92 Å². The molecule has 4 nitrogen and oxygen atoms in total. The van der Waals surface area contributed by atoms with Crippen LogP contribution < -0.4 is 0 Å². The molecular formula is C18H33N3O. The lowest BCUT2D eigenvalue weighted by Gasteiger charge is -2.43. The van der Waals surface area contributed by atoms with E-state index in [1.54, 1.807) is 0 Å². The van der Waals surface area contributed by atoms with Gasteiger partial charge in [0.05, 0.1) is 6.61 Å². The Morgan fingerprint density at radius 2 is 1.64 bits per heavy atom. The van der Waals surface area contributed by atoms with Crippen LogP contribution in [0.3, 0.4) is 0 Å². The lowest BCUT2D eigenvalue weighted by molar-refractivity contribution is 0.0496. The summed E-state index contributed by atoms with van der Waals surface area (Å²) in [5, 5.41) is 9.03. The molecular weight excluding hydrogens is 274 g/mol. The number of rotatable bonds is 5. The molecule has 3 rings (SSSR count). The smallest absolute Gasteiger partial charge is 0.0558 e. The lowest BCUT2D eigenvalue weighted by Crippen LogP contribution is -2.53. The van der Waals surface area contributed by atoms with Gasteiger partial charge in [0.1, 0.15) is 0 Å². The summed E-state index contributed by atoms with van der Waals surface area (Å²) in [6, 6.07) is 0.804. The van der Waals surface area contributed by atoms with E-state index in [2.05, 4.69) is 26.9 Å². The van der Waals surface area contributed by atoms with Crippen molar-refractivity contribution in [3.63, 3.8) is 0 Å². The van der Waals surface area contributed by atoms with Crippen molar-refractivity contribution in [2.45, 2.75) is 38.1 Å². The first kappa shape index (κ1) is 16.4. The lowest BCUT2D eigenvalue weighted by atomic mass is 9.92. The van der Waals surface area contributed by atoms with Gasteiger partial charge in [0.15, 0.2) is 0 Å². The summed E-state index contributed by atoms with van der Waals surface area (Å²) in [6.07, 6.45) is 11.4. The second-order valence-corrected chi connectivity index (χ2v) is 7.28. The molecule has 1 unspecified atom stereocenters. The number of aliphatic hydroxyl groups excluding tert-OH is 1. The van der Waals surface area contributed by atoms with E-state index in [1.165, 1.54) is 64.8 Å². The van der Waals surface area contributed by atoms with Crippen molar-refractivity contribution >= 4 is 0 Å². The SMILES string of the molecule is OCCN1CCN(C2CCN(CC3CC=CCC3)CC2)CC1. The van der Waals surface area contributed by atoms with Gasteiger partial charge in [-0.05, 0) is 51.1 Å². The molecule has 2 aliphatic heterocycles. The van der Waals surface area contributed by atoms with Crippen LogP contribution in [0.1, 0.15) is 32.1 Å². The number of hydrogen-bond donors (Lipinski definition) is 1. The normalized spacial score (nSPS) is 30.0. The zero-order chi connectivity index (χ0) is 15.2. The molecule has 0 amide bonds. The minimum Gasteiger partial charge on any atom is -0.395 e. The van der Waals surface area contributed by atoms with Crippen LogP contribution in [0.25, 0.3) is 0 Å². The Labute approximate surface area is 135 Å². The molecule has 0 spiro atoms. The van der Waals surface area contributed by atoms with Crippen molar-refractivity contribution < 1.29 is 5.11 Å². The molecule has 0 saturated carbocycles. The Kier molecular flexibility index (Phi) is 6.30. The Morgan fingerprint density at radius 1 is 0.864 bits per heavy atom. The molecule has 2 fully saturated rings. The van der Waals surface area contributed by atoms with Crippen molar-refractivity contribution in [2.75, 3.05) is 59.0 Å². The minimum atomic E-state index is 0.300. The molecule has 1 atom stereocenters. The number of β-amino-alcohol motifs (C(OH)–C–C–N with tert-alkyl or cyclic N) is 1. The Morgan fingerprint density at radius 3 is 2.27 bits per heavy atom. The number of allylic oxidation sites excluding steroid dienone is 2. The fourth-order valence-electron chi connectivity index (χ4n) is 4.35. The summed E-state index contributed by atoms with van der Waals surface area (Å²) in [5.41, 5.74) is 0. The summed E-state index contributed by atoms with van der Waals surface area (Å²) < 4.78 is 0. The average Bonchev–Trinajstić information content (AvgIpc) is 2.58. The van der Waals surface area contributed by atoms with Gasteiger partial charge >= 0.3 is 0 Å². The summed E-state index contributed by atoms with van der Waals surface area (Å²) in [6.45, 7) is 9.71. The maximum Gasteiger partial charge on any atom is 0.0558 e. The van der Waals surface area contributed by atoms with Gasteiger partial charge in [-0.2, -0.15) is 0 Å². The number of hydrogen-bond acceptors (Lipinski definition) is 4. The topological polar surface area (TPSA) is 30.0 Å². The molecule has 0 aromatic carbocycles. The average molecular weight is 307 g/mol. The second-order valence-electron chi connectivity index (χ2n) is 7.28. The van der Waals surface area contributed by atoms with E-state index in [0.29, 0.717) is 6.61 Å². The number of nitrogens with zero attached hydrogens (tertiary/aromatic N) is 3. The molecule has 0 radical (unpaired) electrons. The number of piperazine rings is 1. The summed E-state index contributed by atoms with van der Waals surface area (Å²) in [7, 11) is 0. The third-order valence-electron chi connectivity index (χ3n) is 5.79. The van der Waals surface area contributed by atoms with Crippen LogP contribution >= 0.6 is 0 Å². The minimum absolute atomic E-state index is 0.300. The van der Waals surface area contributed by atoms with Crippen LogP contribution in [0.2, 0.25) is 0 Å². The first-order valence-electron chi connectivity index (χ1n) is 9.30. The first-order valence-corrected chi connectivity index (χ1v) is 9.30. The number of piperidine rings is 1. The van der Waals surface area contributed by atoms with Gasteiger partial charge in [-0.25, -0.2) is 0 Å². The fourth-order valence-corrected chi connectivity index (χ4v) is 4.35.